The first kappa shape index (κ1) is 15.6. The van der Waals surface area contributed by atoms with Gasteiger partial charge in [0.2, 0.25) is 0 Å². The maximum absolute atomic E-state index is 12.6. The van der Waals surface area contributed by atoms with E-state index in [2.05, 4.69) is 0 Å². The summed E-state index contributed by atoms with van der Waals surface area (Å²) in [6.45, 7) is 0.293. The van der Waals surface area contributed by atoms with Gasteiger partial charge in [-0.2, -0.15) is 0 Å². The van der Waals surface area contributed by atoms with Gasteiger partial charge < -0.3 is 14.2 Å². The summed E-state index contributed by atoms with van der Waals surface area (Å²) in [7, 11) is 5.19. The lowest BCUT2D eigenvalue weighted by Crippen LogP contribution is -2.28. The van der Waals surface area contributed by atoms with E-state index in [9.17, 15) is 14.9 Å². The van der Waals surface area contributed by atoms with Crippen LogP contribution in [0.25, 0.3) is 0 Å². The Morgan fingerprint density at radius 2 is 2.00 bits per heavy atom. The number of non-ortho nitro benzene ring substituents is 1. The second-order valence-corrected chi connectivity index (χ2v) is 5.09. The highest BCUT2D eigenvalue weighted by molar-refractivity contribution is 6.00. The van der Waals surface area contributed by atoms with Gasteiger partial charge in [0.05, 0.1) is 23.3 Å². The van der Waals surface area contributed by atoms with Crippen molar-refractivity contribution in [1.82, 2.24) is 4.90 Å². The molecule has 116 valence electrons. The molecule has 0 aliphatic heterocycles. The third kappa shape index (κ3) is 3.25. The Bertz CT molecular complexity index is 680. The Morgan fingerprint density at radius 3 is 2.55 bits per heavy atom. The van der Waals surface area contributed by atoms with Gasteiger partial charge in [-0.15, -0.1) is 0 Å². The standard InChI is InChI=1S/C15H17N3O4/c1-16(2)14-7-6-11(18(20)21)9-13(14)15(19)17(3)10-12-5-4-8-22-12/h4-9H,10H2,1-3H3. The van der Waals surface area contributed by atoms with Crippen LogP contribution in [0.1, 0.15) is 16.1 Å². The molecule has 0 fully saturated rings. The maximum atomic E-state index is 12.6. The van der Waals surface area contributed by atoms with Gasteiger partial charge in [-0.05, 0) is 18.2 Å². The molecule has 0 atom stereocenters. The van der Waals surface area contributed by atoms with Crippen LogP contribution in [0.3, 0.4) is 0 Å². The number of nitro groups is 1. The molecule has 7 nitrogen and oxygen atoms in total. The van der Waals surface area contributed by atoms with Crippen molar-refractivity contribution in [3.8, 4) is 0 Å². The van der Waals surface area contributed by atoms with Crippen molar-refractivity contribution in [1.29, 1.82) is 0 Å². The zero-order valence-electron chi connectivity index (χ0n) is 12.6. The molecule has 0 spiro atoms. The molecule has 0 bridgehead atoms. The molecular weight excluding hydrogens is 286 g/mol. The van der Waals surface area contributed by atoms with E-state index in [0.717, 1.165) is 0 Å². The summed E-state index contributed by atoms with van der Waals surface area (Å²) in [5.74, 6) is 0.344. The van der Waals surface area contributed by atoms with Gasteiger partial charge in [0.25, 0.3) is 11.6 Å². The molecule has 0 radical (unpaired) electrons. The lowest BCUT2D eigenvalue weighted by molar-refractivity contribution is -0.384. The molecule has 0 N–H and O–H groups in total. The second-order valence-electron chi connectivity index (χ2n) is 5.09. The van der Waals surface area contributed by atoms with Gasteiger partial charge in [0.15, 0.2) is 0 Å². The molecule has 1 heterocycles. The molecule has 2 rings (SSSR count). The monoisotopic (exact) mass is 303 g/mol. The quantitative estimate of drug-likeness (QED) is 0.626. The number of carbonyl (C=O) groups excluding carboxylic acids is 1. The number of amides is 1. The third-order valence-corrected chi connectivity index (χ3v) is 3.22. The van der Waals surface area contributed by atoms with Crippen LogP contribution in [-0.4, -0.2) is 36.9 Å². The fraction of sp³-hybridized carbons (Fsp3) is 0.267. The van der Waals surface area contributed by atoms with Crippen LogP contribution >= 0.6 is 0 Å². The molecule has 2 aromatic rings. The summed E-state index contributed by atoms with van der Waals surface area (Å²) in [6, 6.07) is 7.78. The number of hydrogen-bond acceptors (Lipinski definition) is 5. The summed E-state index contributed by atoms with van der Waals surface area (Å²) in [4.78, 5) is 26.2. The van der Waals surface area contributed by atoms with E-state index < -0.39 is 4.92 Å². The largest absolute Gasteiger partial charge is 0.467 e. The number of benzene rings is 1. The number of rotatable bonds is 5. The van der Waals surface area contributed by atoms with Crippen molar-refractivity contribution in [2.45, 2.75) is 6.54 Å². The number of anilines is 1. The predicted octanol–water partition coefficient (Wildman–Crippen LogP) is 2.53. The van der Waals surface area contributed by atoms with Crippen LogP contribution in [0.4, 0.5) is 11.4 Å². The molecule has 7 heteroatoms. The summed E-state index contributed by atoms with van der Waals surface area (Å²) in [6.07, 6.45) is 1.53. The van der Waals surface area contributed by atoms with E-state index in [0.29, 0.717) is 18.0 Å². The van der Waals surface area contributed by atoms with Gasteiger partial charge in [-0.1, -0.05) is 0 Å². The molecule has 1 aromatic carbocycles. The SMILES string of the molecule is CN(Cc1ccco1)C(=O)c1cc([N+](=O)[O-])ccc1N(C)C. The number of hydrogen-bond donors (Lipinski definition) is 0. The Labute approximate surface area is 127 Å². The molecule has 1 amide bonds. The normalized spacial score (nSPS) is 10.3. The van der Waals surface area contributed by atoms with Crippen LogP contribution in [0, 0.1) is 10.1 Å². The number of furan rings is 1. The van der Waals surface area contributed by atoms with Gasteiger partial charge >= 0.3 is 0 Å². The Morgan fingerprint density at radius 1 is 1.27 bits per heavy atom. The molecule has 22 heavy (non-hydrogen) atoms. The summed E-state index contributed by atoms with van der Waals surface area (Å²) >= 11 is 0. The van der Waals surface area contributed by atoms with Gasteiger partial charge in [-0.25, -0.2) is 0 Å². The zero-order valence-corrected chi connectivity index (χ0v) is 12.6. The average Bonchev–Trinajstić information content (AvgIpc) is 2.98. The number of nitrogens with zero attached hydrogens (tertiary/aromatic N) is 3. The topological polar surface area (TPSA) is 79.8 Å². The second kappa shape index (κ2) is 6.30. The van der Waals surface area contributed by atoms with Crippen LogP contribution in [0.15, 0.2) is 41.0 Å². The third-order valence-electron chi connectivity index (χ3n) is 3.22. The van der Waals surface area contributed by atoms with Crippen LogP contribution in [0.2, 0.25) is 0 Å². The smallest absolute Gasteiger partial charge is 0.270 e. The Balaban J connectivity index is 2.33. The van der Waals surface area contributed by atoms with E-state index in [-0.39, 0.29) is 17.2 Å². The minimum absolute atomic E-state index is 0.111. The van der Waals surface area contributed by atoms with E-state index in [1.807, 2.05) is 0 Å². The Kier molecular flexibility index (Phi) is 4.45. The predicted molar refractivity (Wildman–Crippen MR) is 81.9 cm³/mol. The molecule has 0 aliphatic rings. The first-order chi connectivity index (χ1) is 10.4. The van der Waals surface area contributed by atoms with Crippen molar-refractivity contribution in [3.63, 3.8) is 0 Å². The molecule has 0 aliphatic carbocycles. The first-order valence-corrected chi connectivity index (χ1v) is 6.63. The van der Waals surface area contributed by atoms with Crippen LogP contribution in [-0.2, 0) is 6.54 Å². The number of nitro benzene ring substituents is 1. The highest BCUT2D eigenvalue weighted by Crippen LogP contribution is 2.25. The van der Waals surface area contributed by atoms with E-state index >= 15 is 0 Å². The van der Waals surface area contributed by atoms with Crippen molar-refractivity contribution in [2.24, 2.45) is 0 Å². The van der Waals surface area contributed by atoms with Gasteiger partial charge in [0.1, 0.15) is 5.76 Å². The highest BCUT2D eigenvalue weighted by atomic mass is 16.6. The molecular formula is C15H17N3O4. The molecule has 0 saturated carbocycles. The summed E-state index contributed by atoms with van der Waals surface area (Å²) in [5, 5.41) is 10.9. The average molecular weight is 303 g/mol. The lowest BCUT2D eigenvalue weighted by atomic mass is 10.1. The van der Waals surface area contributed by atoms with Crippen molar-refractivity contribution in [2.75, 3.05) is 26.0 Å². The van der Waals surface area contributed by atoms with E-state index in [1.54, 1.807) is 44.2 Å². The fourth-order valence-electron chi connectivity index (χ4n) is 2.11. The minimum Gasteiger partial charge on any atom is -0.467 e. The minimum atomic E-state index is -0.511. The maximum Gasteiger partial charge on any atom is 0.270 e. The Hall–Kier alpha value is -2.83. The van der Waals surface area contributed by atoms with E-state index in [4.69, 9.17) is 4.42 Å². The van der Waals surface area contributed by atoms with Crippen molar-refractivity contribution in [3.05, 3.63) is 58.0 Å². The van der Waals surface area contributed by atoms with Crippen LogP contribution < -0.4 is 4.90 Å². The van der Waals surface area contributed by atoms with Crippen molar-refractivity contribution < 1.29 is 14.1 Å². The fourth-order valence-corrected chi connectivity index (χ4v) is 2.11. The highest BCUT2D eigenvalue weighted by Gasteiger charge is 2.21. The summed E-state index contributed by atoms with van der Waals surface area (Å²) < 4.78 is 5.22. The van der Waals surface area contributed by atoms with Crippen molar-refractivity contribution >= 4 is 17.3 Å². The van der Waals surface area contributed by atoms with Gasteiger partial charge in [-0.3, -0.25) is 14.9 Å². The number of carbonyl (C=O) groups is 1. The molecule has 0 saturated heterocycles. The lowest BCUT2D eigenvalue weighted by Gasteiger charge is -2.21. The van der Waals surface area contributed by atoms with Crippen LogP contribution in [0.5, 0.6) is 0 Å². The first-order valence-electron chi connectivity index (χ1n) is 6.63. The molecule has 1 aromatic heterocycles. The molecule has 0 unspecified atom stereocenters. The summed E-state index contributed by atoms with van der Waals surface area (Å²) in [5.41, 5.74) is 0.801. The zero-order chi connectivity index (χ0) is 16.3. The van der Waals surface area contributed by atoms with E-state index in [1.165, 1.54) is 23.3 Å². The van der Waals surface area contributed by atoms with Gasteiger partial charge in [0, 0.05) is 39.0 Å².